The first-order chi connectivity index (χ1) is 8.78. The van der Waals surface area contributed by atoms with E-state index in [1.807, 2.05) is 33.8 Å². The van der Waals surface area contributed by atoms with Crippen molar-refractivity contribution < 1.29 is 19.3 Å². The van der Waals surface area contributed by atoms with Gasteiger partial charge in [0, 0.05) is 5.54 Å². The van der Waals surface area contributed by atoms with E-state index in [4.69, 9.17) is 4.42 Å². The van der Waals surface area contributed by atoms with Gasteiger partial charge < -0.3 is 15.1 Å². The molecule has 1 rings (SSSR count). The Hall–Kier alpha value is -1.82. The molecule has 0 aliphatic carbocycles. The Bertz CT molecular complexity index is 421. The minimum absolute atomic E-state index is 0.0337. The molecule has 0 aliphatic rings. The molecule has 1 aromatic heterocycles. The summed E-state index contributed by atoms with van der Waals surface area (Å²) in [7, 11) is 0. The number of hydrogen-bond donors (Lipinski definition) is 3. The number of carbonyl (C=O) groups excluding carboxylic acids is 2. The lowest BCUT2D eigenvalue weighted by Gasteiger charge is -2.20. The lowest BCUT2D eigenvalue weighted by Crippen LogP contribution is -2.87. The lowest BCUT2D eigenvalue weighted by molar-refractivity contribution is -0.684. The molecule has 6 heteroatoms. The predicted molar refractivity (Wildman–Crippen MR) is 70.3 cm³/mol. The molecule has 3 amide bonds. The summed E-state index contributed by atoms with van der Waals surface area (Å²) in [5.41, 5.74) is -0.366. The van der Waals surface area contributed by atoms with Crippen LogP contribution < -0.4 is 16.0 Å². The van der Waals surface area contributed by atoms with Gasteiger partial charge in [0.2, 0.25) is 0 Å². The number of imide groups is 1. The highest BCUT2D eigenvalue weighted by Crippen LogP contribution is 2.07. The highest BCUT2D eigenvalue weighted by molar-refractivity contribution is 5.94. The molecular weight excluding hydrogens is 246 g/mol. The lowest BCUT2D eigenvalue weighted by atomic mass is 10.1. The number of nitrogens with two attached hydrogens (primary N) is 1. The van der Waals surface area contributed by atoms with Gasteiger partial charge in [-0.1, -0.05) is 0 Å². The summed E-state index contributed by atoms with van der Waals surface area (Å²) in [6.45, 7) is 7.65. The highest BCUT2D eigenvalue weighted by atomic mass is 16.3. The normalized spacial score (nSPS) is 12.8. The van der Waals surface area contributed by atoms with E-state index in [-0.39, 0.29) is 24.0 Å². The molecule has 0 unspecified atom stereocenters. The van der Waals surface area contributed by atoms with Crippen molar-refractivity contribution in [2.75, 3.05) is 6.54 Å². The topological polar surface area (TPSA) is 88.0 Å². The van der Waals surface area contributed by atoms with E-state index in [9.17, 15) is 9.59 Å². The van der Waals surface area contributed by atoms with E-state index in [1.165, 1.54) is 0 Å². The van der Waals surface area contributed by atoms with Gasteiger partial charge in [0.05, 0.1) is 6.26 Å². The number of rotatable bonds is 4. The quantitative estimate of drug-likeness (QED) is 0.744. The van der Waals surface area contributed by atoms with Crippen LogP contribution in [0.25, 0.3) is 0 Å². The highest BCUT2D eigenvalue weighted by Gasteiger charge is 2.18. The first kappa shape index (κ1) is 15.2. The van der Waals surface area contributed by atoms with Crippen LogP contribution in [0.3, 0.4) is 0 Å². The largest absolute Gasteiger partial charge is 0.463 e. The number of urea groups is 1. The third kappa shape index (κ3) is 6.05. The van der Waals surface area contributed by atoms with E-state index in [2.05, 4.69) is 10.6 Å². The number of amides is 3. The second kappa shape index (κ2) is 6.38. The maximum absolute atomic E-state index is 11.6. The van der Waals surface area contributed by atoms with Gasteiger partial charge >= 0.3 is 6.03 Å². The Labute approximate surface area is 112 Å². The van der Waals surface area contributed by atoms with Crippen molar-refractivity contribution in [3.8, 4) is 0 Å². The summed E-state index contributed by atoms with van der Waals surface area (Å²) in [4.78, 5) is 23.0. The standard InChI is InChI=1S/C13H21N3O3/c1-9(10-6-5-7-19-10)14-8-11(17)15-12(18)16-13(2,3)4/h5-7,9,14H,8H2,1-4H3,(H2,15,16,17,18)/p+1/t9-/m1/s1. The monoisotopic (exact) mass is 268 g/mol. The van der Waals surface area contributed by atoms with Crippen LogP contribution in [0.4, 0.5) is 4.79 Å². The minimum Gasteiger partial charge on any atom is -0.463 e. The van der Waals surface area contributed by atoms with Gasteiger partial charge in [0.1, 0.15) is 6.04 Å². The number of carbonyl (C=O) groups is 2. The molecule has 1 heterocycles. The number of furan rings is 1. The van der Waals surface area contributed by atoms with Crippen molar-refractivity contribution in [1.82, 2.24) is 10.6 Å². The van der Waals surface area contributed by atoms with Crippen LogP contribution in [-0.4, -0.2) is 24.0 Å². The fourth-order valence-electron chi connectivity index (χ4n) is 1.50. The van der Waals surface area contributed by atoms with Crippen molar-refractivity contribution in [1.29, 1.82) is 0 Å². The van der Waals surface area contributed by atoms with E-state index in [0.29, 0.717) is 0 Å². The molecule has 6 nitrogen and oxygen atoms in total. The van der Waals surface area contributed by atoms with Gasteiger partial charge in [-0.15, -0.1) is 0 Å². The Kier molecular flexibility index (Phi) is 5.11. The number of nitrogens with one attached hydrogen (secondary N) is 2. The summed E-state index contributed by atoms with van der Waals surface area (Å²) in [5.74, 6) is 0.465. The summed E-state index contributed by atoms with van der Waals surface area (Å²) >= 11 is 0. The maximum atomic E-state index is 11.6. The second-order valence-electron chi connectivity index (χ2n) is 5.50. The first-order valence-corrected chi connectivity index (χ1v) is 6.26. The molecule has 1 aromatic rings. The molecule has 0 bridgehead atoms. The summed E-state index contributed by atoms with van der Waals surface area (Å²) in [6, 6.07) is 3.21. The second-order valence-corrected chi connectivity index (χ2v) is 5.50. The summed E-state index contributed by atoms with van der Waals surface area (Å²) in [5, 5.41) is 6.75. The molecule has 0 aromatic carbocycles. The van der Waals surface area contributed by atoms with Gasteiger partial charge in [0.25, 0.3) is 5.91 Å². The third-order valence-electron chi connectivity index (χ3n) is 2.39. The fourth-order valence-corrected chi connectivity index (χ4v) is 1.50. The van der Waals surface area contributed by atoms with Crippen molar-refractivity contribution in [3.63, 3.8) is 0 Å². The molecule has 0 spiro atoms. The molecule has 4 N–H and O–H groups in total. The van der Waals surface area contributed by atoms with Crippen molar-refractivity contribution >= 4 is 11.9 Å². The van der Waals surface area contributed by atoms with E-state index in [1.54, 1.807) is 17.6 Å². The molecule has 0 radical (unpaired) electrons. The van der Waals surface area contributed by atoms with Crippen molar-refractivity contribution in [2.24, 2.45) is 0 Å². The van der Waals surface area contributed by atoms with Gasteiger partial charge in [0.15, 0.2) is 12.3 Å². The van der Waals surface area contributed by atoms with E-state index >= 15 is 0 Å². The smallest absolute Gasteiger partial charge is 0.322 e. The average molecular weight is 268 g/mol. The Morgan fingerprint density at radius 2 is 2.11 bits per heavy atom. The number of quaternary nitrogens is 1. The first-order valence-electron chi connectivity index (χ1n) is 6.26. The van der Waals surface area contributed by atoms with Crippen LogP contribution in [0.2, 0.25) is 0 Å². The van der Waals surface area contributed by atoms with Crippen LogP contribution >= 0.6 is 0 Å². The third-order valence-corrected chi connectivity index (χ3v) is 2.39. The predicted octanol–water partition coefficient (Wildman–Crippen LogP) is 0.528. The Balaban J connectivity index is 2.30. The van der Waals surface area contributed by atoms with E-state index in [0.717, 1.165) is 5.76 Å². The zero-order chi connectivity index (χ0) is 14.5. The van der Waals surface area contributed by atoms with Crippen LogP contribution in [0.5, 0.6) is 0 Å². The molecule has 0 saturated carbocycles. The van der Waals surface area contributed by atoms with Gasteiger partial charge in [-0.2, -0.15) is 0 Å². The molecule has 106 valence electrons. The SMILES string of the molecule is C[C@@H]([NH2+]CC(=O)NC(=O)NC(C)(C)C)c1ccco1. The van der Waals surface area contributed by atoms with Crippen molar-refractivity contribution in [3.05, 3.63) is 24.2 Å². The van der Waals surface area contributed by atoms with Gasteiger partial charge in [-0.05, 0) is 39.8 Å². The van der Waals surface area contributed by atoms with Gasteiger partial charge in [-0.3, -0.25) is 10.1 Å². The van der Waals surface area contributed by atoms with Crippen LogP contribution in [0.15, 0.2) is 22.8 Å². The Morgan fingerprint density at radius 1 is 1.42 bits per heavy atom. The maximum Gasteiger partial charge on any atom is 0.322 e. The Morgan fingerprint density at radius 3 is 2.63 bits per heavy atom. The minimum atomic E-state index is -0.475. The number of hydrogen-bond acceptors (Lipinski definition) is 3. The zero-order valence-electron chi connectivity index (χ0n) is 11.8. The molecule has 1 atom stereocenters. The van der Waals surface area contributed by atoms with Crippen LogP contribution in [0.1, 0.15) is 39.5 Å². The summed E-state index contributed by atoms with van der Waals surface area (Å²) in [6.07, 6.45) is 1.59. The van der Waals surface area contributed by atoms with Crippen molar-refractivity contribution in [2.45, 2.75) is 39.3 Å². The molecular formula is C13H22N3O3+. The fraction of sp³-hybridized carbons (Fsp3) is 0.538. The average Bonchev–Trinajstić information content (AvgIpc) is 2.76. The summed E-state index contributed by atoms with van der Waals surface area (Å²) < 4.78 is 5.23. The molecule has 0 aliphatic heterocycles. The van der Waals surface area contributed by atoms with Crippen LogP contribution in [-0.2, 0) is 4.79 Å². The molecule has 19 heavy (non-hydrogen) atoms. The zero-order valence-corrected chi connectivity index (χ0v) is 11.8. The van der Waals surface area contributed by atoms with Crippen LogP contribution in [0, 0.1) is 0 Å². The van der Waals surface area contributed by atoms with Gasteiger partial charge in [-0.25, -0.2) is 4.79 Å². The van der Waals surface area contributed by atoms with E-state index < -0.39 is 6.03 Å². The molecule has 0 fully saturated rings. The molecule has 0 saturated heterocycles.